The molecular formula is C11H11N3O. The Hall–Kier alpha value is -1.97. The van der Waals surface area contributed by atoms with Crippen LogP contribution in [0.25, 0.3) is 0 Å². The van der Waals surface area contributed by atoms with Gasteiger partial charge in [0.2, 0.25) is 0 Å². The predicted octanol–water partition coefficient (Wildman–Crippen LogP) is 1.35. The molecule has 0 saturated carbocycles. The maximum Gasteiger partial charge on any atom is 0.198 e. The highest BCUT2D eigenvalue weighted by atomic mass is 16.1. The van der Waals surface area contributed by atoms with E-state index in [9.17, 15) is 4.79 Å². The number of pyridine rings is 1. The Balaban J connectivity index is 2.42. The minimum atomic E-state index is -0.0336. The Morgan fingerprint density at radius 1 is 1.40 bits per heavy atom. The zero-order valence-corrected chi connectivity index (χ0v) is 8.64. The summed E-state index contributed by atoms with van der Waals surface area (Å²) in [5, 5.41) is 4.04. The highest BCUT2D eigenvalue weighted by Gasteiger charge is 2.14. The Morgan fingerprint density at radius 2 is 2.20 bits per heavy atom. The largest absolute Gasteiger partial charge is 0.288 e. The van der Waals surface area contributed by atoms with Crippen LogP contribution in [0.5, 0.6) is 0 Å². The Morgan fingerprint density at radius 3 is 2.73 bits per heavy atom. The van der Waals surface area contributed by atoms with Gasteiger partial charge in [-0.3, -0.25) is 14.5 Å². The third-order valence-corrected chi connectivity index (χ3v) is 2.40. The smallest absolute Gasteiger partial charge is 0.198 e. The second kappa shape index (κ2) is 3.65. The molecule has 2 aromatic heterocycles. The topological polar surface area (TPSA) is 47.8 Å². The monoisotopic (exact) mass is 201 g/mol. The van der Waals surface area contributed by atoms with Crippen molar-refractivity contribution in [2.45, 2.75) is 6.92 Å². The van der Waals surface area contributed by atoms with Crippen LogP contribution in [0.2, 0.25) is 0 Å². The van der Waals surface area contributed by atoms with E-state index in [4.69, 9.17) is 0 Å². The molecule has 0 atom stereocenters. The minimum Gasteiger partial charge on any atom is -0.288 e. The number of carbonyl (C=O) groups excluding carboxylic acids is 1. The molecule has 2 heterocycles. The van der Waals surface area contributed by atoms with Crippen molar-refractivity contribution in [2.75, 3.05) is 0 Å². The second-order valence-corrected chi connectivity index (χ2v) is 3.34. The van der Waals surface area contributed by atoms with Crippen LogP contribution in [0.1, 0.15) is 21.6 Å². The van der Waals surface area contributed by atoms with Crippen molar-refractivity contribution in [2.24, 2.45) is 7.05 Å². The molecule has 2 aromatic rings. The van der Waals surface area contributed by atoms with Gasteiger partial charge in [-0.1, -0.05) is 0 Å². The van der Waals surface area contributed by atoms with Crippen molar-refractivity contribution in [3.63, 3.8) is 0 Å². The second-order valence-electron chi connectivity index (χ2n) is 3.34. The molecule has 2 rings (SSSR count). The van der Waals surface area contributed by atoms with E-state index in [0.717, 1.165) is 5.69 Å². The van der Waals surface area contributed by atoms with Crippen LogP contribution in [-0.2, 0) is 7.05 Å². The fourth-order valence-electron chi connectivity index (χ4n) is 1.37. The molecule has 0 saturated heterocycles. The van der Waals surface area contributed by atoms with E-state index in [1.165, 1.54) is 0 Å². The molecule has 0 radical (unpaired) electrons. The van der Waals surface area contributed by atoms with E-state index in [0.29, 0.717) is 11.1 Å². The van der Waals surface area contributed by atoms with E-state index >= 15 is 0 Å². The molecule has 0 N–H and O–H groups in total. The van der Waals surface area contributed by atoms with Gasteiger partial charge in [0.1, 0.15) is 0 Å². The van der Waals surface area contributed by atoms with Crippen LogP contribution < -0.4 is 0 Å². The Bertz CT molecular complexity index is 488. The molecule has 0 aliphatic rings. The summed E-state index contributed by atoms with van der Waals surface area (Å²) < 4.78 is 1.68. The molecule has 15 heavy (non-hydrogen) atoms. The number of aryl methyl sites for hydroxylation is 1. The summed E-state index contributed by atoms with van der Waals surface area (Å²) in [6.45, 7) is 1.87. The van der Waals surface area contributed by atoms with Crippen LogP contribution in [0.15, 0.2) is 30.7 Å². The molecule has 0 bridgehead atoms. The van der Waals surface area contributed by atoms with Gasteiger partial charge < -0.3 is 0 Å². The predicted molar refractivity (Wildman–Crippen MR) is 55.6 cm³/mol. The first-order chi connectivity index (χ1) is 7.20. The maximum absolute atomic E-state index is 12.0. The van der Waals surface area contributed by atoms with E-state index in [2.05, 4.69) is 10.1 Å². The zero-order chi connectivity index (χ0) is 10.8. The van der Waals surface area contributed by atoms with E-state index < -0.39 is 0 Å². The average Bonchev–Trinajstić information content (AvgIpc) is 2.60. The Labute approximate surface area is 87.6 Å². The van der Waals surface area contributed by atoms with Gasteiger partial charge in [0.05, 0.1) is 11.8 Å². The number of ketones is 1. The fourth-order valence-corrected chi connectivity index (χ4v) is 1.37. The average molecular weight is 201 g/mol. The number of hydrogen-bond acceptors (Lipinski definition) is 3. The molecular weight excluding hydrogens is 190 g/mol. The quantitative estimate of drug-likeness (QED) is 0.689. The first-order valence-electron chi connectivity index (χ1n) is 4.63. The van der Waals surface area contributed by atoms with Crippen LogP contribution in [0, 0.1) is 6.92 Å². The van der Waals surface area contributed by atoms with Gasteiger partial charge in [0.15, 0.2) is 5.78 Å². The first kappa shape index (κ1) is 9.58. The number of aromatic nitrogens is 3. The van der Waals surface area contributed by atoms with Crippen LogP contribution in [0.4, 0.5) is 0 Å². The number of carbonyl (C=O) groups is 1. The van der Waals surface area contributed by atoms with E-state index in [-0.39, 0.29) is 5.78 Å². The molecule has 0 aliphatic carbocycles. The molecule has 76 valence electrons. The van der Waals surface area contributed by atoms with Gasteiger partial charge in [-0.05, 0) is 19.1 Å². The number of rotatable bonds is 2. The van der Waals surface area contributed by atoms with E-state index in [1.54, 1.807) is 35.4 Å². The van der Waals surface area contributed by atoms with Crippen molar-refractivity contribution in [3.05, 3.63) is 47.5 Å². The van der Waals surface area contributed by atoms with Gasteiger partial charge in [-0.15, -0.1) is 0 Å². The van der Waals surface area contributed by atoms with Crippen LogP contribution in [-0.4, -0.2) is 20.5 Å². The maximum atomic E-state index is 12.0. The molecule has 4 heteroatoms. The normalized spacial score (nSPS) is 10.3. The third kappa shape index (κ3) is 1.66. The molecule has 4 nitrogen and oxygen atoms in total. The van der Waals surface area contributed by atoms with Crippen molar-refractivity contribution in [3.8, 4) is 0 Å². The van der Waals surface area contributed by atoms with Crippen LogP contribution >= 0.6 is 0 Å². The Kier molecular flexibility index (Phi) is 2.33. The highest BCUT2D eigenvalue weighted by Crippen LogP contribution is 2.11. The molecule has 0 fully saturated rings. The number of hydrogen-bond donors (Lipinski definition) is 0. The summed E-state index contributed by atoms with van der Waals surface area (Å²) in [5.41, 5.74) is 2.09. The summed E-state index contributed by atoms with van der Waals surface area (Å²) in [6.07, 6.45) is 4.80. The number of nitrogens with zero attached hydrogens (tertiary/aromatic N) is 3. The minimum absolute atomic E-state index is 0.0336. The van der Waals surface area contributed by atoms with Gasteiger partial charge in [-0.2, -0.15) is 5.10 Å². The SMILES string of the molecule is Cc1c(C(=O)c2cccnc2)cnn1C. The third-order valence-electron chi connectivity index (χ3n) is 2.40. The standard InChI is InChI=1S/C11H11N3O/c1-8-10(7-13-14(8)2)11(15)9-4-3-5-12-6-9/h3-7H,1-2H3. The lowest BCUT2D eigenvalue weighted by Gasteiger charge is -1.99. The lowest BCUT2D eigenvalue weighted by Crippen LogP contribution is -2.03. The molecule has 0 amide bonds. The molecule has 0 aliphatic heterocycles. The lowest BCUT2D eigenvalue weighted by molar-refractivity contribution is 0.103. The van der Waals surface area contributed by atoms with Gasteiger partial charge in [0.25, 0.3) is 0 Å². The molecule has 0 aromatic carbocycles. The summed E-state index contributed by atoms with van der Waals surface area (Å²) in [5.74, 6) is -0.0336. The van der Waals surface area contributed by atoms with Crippen molar-refractivity contribution < 1.29 is 4.79 Å². The summed E-state index contributed by atoms with van der Waals surface area (Å²) in [6, 6.07) is 3.50. The highest BCUT2D eigenvalue weighted by molar-refractivity contribution is 6.09. The first-order valence-corrected chi connectivity index (χ1v) is 4.63. The van der Waals surface area contributed by atoms with Gasteiger partial charge in [-0.25, -0.2) is 0 Å². The summed E-state index contributed by atoms with van der Waals surface area (Å²) >= 11 is 0. The van der Waals surface area contributed by atoms with Gasteiger partial charge >= 0.3 is 0 Å². The van der Waals surface area contributed by atoms with Crippen molar-refractivity contribution >= 4 is 5.78 Å². The summed E-state index contributed by atoms with van der Waals surface area (Å²) in [4.78, 5) is 15.9. The van der Waals surface area contributed by atoms with E-state index in [1.807, 2.05) is 14.0 Å². The molecule has 0 unspecified atom stereocenters. The molecule has 0 spiro atoms. The zero-order valence-electron chi connectivity index (χ0n) is 8.64. The summed E-state index contributed by atoms with van der Waals surface area (Å²) in [7, 11) is 1.81. The lowest BCUT2D eigenvalue weighted by atomic mass is 10.1. The fraction of sp³-hybridized carbons (Fsp3) is 0.182. The van der Waals surface area contributed by atoms with Crippen molar-refractivity contribution in [1.29, 1.82) is 0 Å². The van der Waals surface area contributed by atoms with Crippen LogP contribution in [0.3, 0.4) is 0 Å². The van der Waals surface area contributed by atoms with Crippen molar-refractivity contribution in [1.82, 2.24) is 14.8 Å². The van der Waals surface area contributed by atoms with Gasteiger partial charge in [0, 0.05) is 30.7 Å².